The maximum Gasteiger partial charge on any atom is 0.268 e. The van der Waals surface area contributed by atoms with Crippen LogP contribution in [0.1, 0.15) is 26.3 Å². The van der Waals surface area contributed by atoms with Crippen molar-refractivity contribution in [3.8, 4) is 95.5 Å². The Morgan fingerprint density at radius 1 is 0.381 bits per heavy atom. The molecule has 462 valence electrons. The van der Waals surface area contributed by atoms with Gasteiger partial charge in [-0.05, 0) is 174 Å². The van der Waals surface area contributed by atoms with Crippen LogP contribution in [-0.4, -0.2) is 14.1 Å². The number of nitrogens with zero attached hydrogens (tertiary/aromatic N) is 4. The number of ether oxygens (including phenoxy) is 1. The Morgan fingerprint density at radius 3 is 1.60 bits per heavy atom. The second kappa shape index (κ2) is 21.6. The van der Waals surface area contributed by atoms with Gasteiger partial charge in [-0.15, -0.1) is 29.7 Å². The van der Waals surface area contributed by atoms with Gasteiger partial charge in [-0.2, -0.15) is 18.2 Å². The molecule has 0 N–H and O–H groups in total. The molecule has 13 aromatic carbocycles. The Kier molecular flexibility index (Phi) is 12.6. The molecule has 0 saturated carbocycles. The molecule has 7 heterocycles. The molecule has 97 heavy (non-hydrogen) atoms. The van der Waals surface area contributed by atoms with E-state index < -0.39 is 0 Å². The van der Waals surface area contributed by atoms with E-state index in [2.05, 4.69) is 265 Å². The predicted molar refractivity (Wildman–Crippen MR) is 387 cm³/mol. The molecule has 0 bridgehead atoms. The van der Waals surface area contributed by atoms with Crippen LogP contribution in [0.4, 0.5) is 0 Å². The standard InChI is InChI=1S/C88H54N4O4.Pt/c1-88(2,3)57-40-41-89-85(48-57)92-76-26-10-6-20-65(76)66-36-34-60(50-77(66)92)93-59-17-14-16-58(49-59)90-51-91-86-61(55-33-39-84-74(45-55)69-23-9-13-29-81(69)96-84)24-15-25-70(86)71-42-52(53-31-37-82-72(43-53)67-21-7-11-27-79(67)94-82)30-35-64(71)62-18-4-5-19-63(62)75-46-56(47-78(90)87(75)91)54-32-38-83-73(44-54)68-22-8-12-28-80(68)95-83;/h4-48H,1-3H3;/q-2;. The summed E-state index contributed by atoms with van der Waals surface area (Å²) >= 11 is 0. The van der Waals surface area contributed by atoms with Crippen LogP contribution in [0.3, 0.4) is 0 Å². The third-order valence-corrected chi connectivity index (χ3v) is 19.6. The third-order valence-electron chi connectivity index (χ3n) is 19.6. The first-order valence-electron chi connectivity index (χ1n) is 32.5. The van der Waals surface area contributed by atoms with Crippen molar-refractivity contribution < 1.29 is 43.6 Å². The summed E-state index contributed by atoms with van der Waals surface area (Å²) in [6, 6.07) is 102. The number of imidazole rings is 1. The molecule has 8 nitrogen and oxygen atoms in total. The van der Waals surface area contributed by atoms with Gasteiger partial charge in [0.05, 0.1) is 16.7 Å². The van der Waals surface area contributed by atoms with Crippen molar-refractivity contribution in [1.29, 1.82) is 0 Å². The molecule has 0 unspecified atom stereocenters. The van der Waals surface area contributed by atoms with Crippen LogP contribution in [0.2, 0.25) is 0 Å². The van der Waals surface area contributed by atoms with Crippen molar-refractivity contribution in [2.24, 2.45) is 0 Å². The van der Waals surface area contributed by atoms with Gasteiger partial charge >= 0.3 is 0 Å². The quantitative estimate of drug-likeness (QED) is 0.117. The topological polar surface area (TPSA) is 75.3 Å². The second-order valence-electron chi connectivity index (χ2n) is 26.2. The van der Waals surface area contributed by atoms with E-state index in [0.717, 1.165) is 183 Å². The van der Waals surface area contributed by atoms with Crippen LogP contribution in [0, 0.1) is 18.5 Å². The van der Waals surface area contributed by atoms with E-state index in [1.54, 1.807) is 0 Å². The first-order chi connectivity index (χ1) is 47.2. The Labute approximate surface area is 571 Å². The van der Waals surface area contributed by atoms with E-state index >= 15 is 0 Å². The molecule has 0 amide bonds. The summed E-state index contributed by atoms with van der Waals surface area (Å²) in [5.74, 6) is 1.89. The number of hydrogen-bond donors (Lipinski definition) is 0. The zero-order valence-corrected chi connectivity index (χ0v) is 55.0. The van der Waals surface area contributed by atoms with Crippen LogP contribution in [-0.2, 0) is 26.5 Å². The first-order valence-corrected chi connectivity index (χ1v) is 32.5. The van der Waals surface area contributed by atoms with E-state index in [4.69, 9.17) is 23.0 Å². The molecule has 1 aliphatic rings. The summed E-state index contributed by atoms with van der Waals surface area (Å²) in [4.78, 5) is 4.95. The Morgan fingerprint density at radius 2 is 0.907 bits per heavy atom. The molecule has 0 atom stereocenters. The fourth-order valence-electron chi connectivity index (χ4n) is 14.9. The van der Waals surface area contributed by atoms with E-state index in [9.17, 15) is 0 Å². The SMILES string of the molecule is CC(C)(C)c1ccnc(-n2c3[c-]c(Oc4[c-]c(-n5[c-][n+]6c7c(cc(-c8ccc9oc%10ccccc%10c9c8)cc75)-c5ccccc5-c5ccc(-c7ccc8oc9ccccc9c8c7)cc5-c5cccc(-c7ccc8oc9ccccc9c8c7)c5-6)ccc4)ccc3c3ccccc32)c1.[Pt]. The molecule has 9 heteroatoms. The van der Waals surface area contributed by atoms with E-state index in [0.29, 0.717) is 11.5 Å². The molecule has 0 spiro atoms. The molecule has 0 radical (unpaired) electrons. The summed E-state index contributed by atoms with van der Waals surface area (Å²) in [6.45, 7) is 6.69. The molecular formula is C88H54N4O4Pt-2. The van der Waals surface area contributed by atoms with Crippen molar-refractivity contribution in [3.63, 3.8) is 0 Å². The van der Waals surface area contributed by atoms with Gasteiger partial charge in [-0.25, -0.2) is 4.98 Å². The maximum absolute atomic E-state index is 6.98. The van der Waals surface area contributed by atoms with Gasteiger partial charge in [-0.3, -0.25) is 4.57 Å². The van der Waals surface area contributed by atoms with Crippen molar-refractivity contribution in [2.75, 3.05) is 0 Å². The van der Waals surface area contributed by atoms with Crippen LogP contribution in [0.15, 0.2) is 286 Å². The van der Waals surface area contributed by atoms with Gasteiger partial charge in [-0.1, -0.05) is 178 Å². The minimum absolute atomic E-state index is 0. The van der Waals surface area contributed by atoms with E-state index in [-0.39, 0.29) is 26.5 Å². The normalized spacial score (nSPS) is 12.2. The van der Waals surface area contributed by atoms with Gasteiger partial charge in [0.2, 0.25) is 0 Å². The molecular weight excluding hydrogens is 1370 g/mol. The van der Waals surface area contributed by atoms with Crippen LogP contribution in [0.5, 0.6) is 11.5 Å². The zero-order valence-electron chi connectivity index (χ0n) is 52.7. The number of benzene rings is 13. The van der Waals surface area contributed by atoms with Crippen molar-refractivity contribution >= 4 is 98.7 Å². The van der Waals surface area contributed by atoms with Crippen molar-refractivity contribution in [1.82, 2.24) is 14.1 Å². The van der Waals surface area contributed by atoms with Crippen LogP contribution in [0.25, 0.3) is 183 Å². The average molecular weight is 1430 g/mol. The fourth-order valence-corrected chi connectivity index (χ4v) is 14.9. The zero-order chi connectivity index (χ0) is 63.5. The summed E-state index contributed by atoms with van der Waals surface area (Å²) in [7, 11) is 0. The Balaban J connectivity index is 0.00000661. The Bertz CT molecular complexity index is 6510. The van der Waals surface area contributed by atoms with Crippen molar-refractivity contribution in [3.05, 3.63) is 297 Å². The van der Waals surface area contributed by atoms with Gasteiger partial charge in [0, 0.05) is 76.6 Å². The minimum Gasteiger partial charge on any atom is -0.510 e. The molecule has 6 aromatic heterocycles. The largest absolute Gasteiger partial charge is 0.510 e. The molecule has 20 rings (SSSR count). The van der Waals surface area contributed by atoms with Crippen molar-refractivity contribution in [2.45, 2.75) is 26.2 Å². The van der Waals surface area contributed by atoms with Gasteiger partial charge < -0.3 is 27.1 Å². The van der Waals surface area contributed by atoms with Gasteiger partial charge in [0.25, 0.3) is 6.33 Å². The molecule has 0 saturated heterocycles. The number of furan rings is 3. The number of hydrogen-bond acceptors (Lipinski definition) is 5. The molecule has 1 aliphatic heterocycles. The first kappa shape index (κ1) is 56.7. The smallest absolute Gasteiger partial charge is 0.268 e. The summed E-state index contributed by atoms with van der Waals surface area (Å²) in [5, 5.41) is 8.55. The summed E-state index contributed by atoms with van der Waals surface area (Å²) in [5.41, 5.74) is 24.4. The van der Waals surface area contributed by atoms with E-state index in [1.165, 1.54) is 5.56 Å². The maximum atomic E-state index is 6.98. The summed E-state index contributed by atoms with van der Waals surface area (Å²) < 4.78 is 33.0. The van der Waals surface area contributed by atoms with E-state index in [1.807, 2.05) is 60.8 Å². The summed E-state index contributed by atoms with van der Waals surface area (Å²) in [6.07, 6.45) is 6.00. The van der Waals surface area contributed by atoms with Crippen LogP contribution >= 0.6 is 0 Å². The predicted octanol–water partition coefficient (Wildman–Crippen LogP) is 22.9. The molecule has 0 aliphatic carbocycles. The number of para-hydroxylation sites is 5. The third kappa shape index (κ3) is 8.94. The Hall–Kier alpha value is -11.8. The van der Waals surface area contributed by atoms with Gasteiger partial charge in [0.15, 0.2) is 0 Å². The molecule has 19 aromatic rings. The fraction of sp³-hybridized carbons (Fsp3) is 0.0455. The minimum atomic E-state index is -0.0787. The molecule has 0 fully saturated rings. The number of pyridine rings is 1. The number of rotatable bonds is 7. The monoisotopic (exact) mass is 1430 g/mol. The van der Waals surface area contributed by atoms with Crippen LogP contribution < -0.4 is 9.30 Å². The number of aromatic nitrogens is 4. The second-order valence-corrected chi connectivity index (χ2v) is 26.2. The average Bonchev–Trinajstić information content (AvgIpc) is 1.59. The number of fused-ring (bicyclic) bond motifs is 19. The van der Waals surface area contributed by atoms with Gasteiger partial charge in [0.1, 0.15) is 39.3 Å².